The van der Waals surface area contributed by atoms with E-state index in [-0.39, 0.29) is 6.61 Å². The maximum atomic E-state index is 10.5. The van der Waals surface area contributed by atoms with Crippen molar-refractivity contribution < 1.29 is 5.11 Å². The Morgan fingerprint density at radius 1 is 0.833 bits per heavy atom. The molecule has 6 unspecified atom stereocenters. The minimum Gasteiger partial charge on any atom is -0.394 e. The summed E-state index contributed by atoms with van der Waals surface area (Å²) < 4.78 is 0. The van der Waals surface area contributed by atoms with Gasteiger partial charge in [0.2, 0.25) is 0 Å². The predicted octanol–water partition coefficient (Wildman–Crippen LogP) is 5.09. The fourth-order valence-corrected chi connectivity index (χ4v) is 6.15. The normalized spacial score (nSPS) is 40.8. The molecule has 0 spiro atoms. The molecule has 6 atom stereocenters. The first-order valence-corrected chi connectivity index (χ1v) is 10.6. The first kappa shape index (κ1) is 20.2. The maximum absolute atomic E-state index is 10.5. The molecule has 142 valence electrons. The van der Waals surface area contributed by atoms with E-state index in [0.717, 1.165) is 11.8 Å². The van der Waals surface area contributed by atoms with Crippen LogP contribution in [0.2, 0.25) is 0 Å². The van der Waals surface area contributed by atoms with Crippen LogP contribution in [0.1, 0.15) is 80.1 Å². The van der Waals surface area contributed by atoms with Gasteiger partial charge in [-0.05, 0) is 73.0 Å². The average molecular weight is 338 g/mol. The van der Waals surface area contributed by atoms with Crippen LogP contribution >= 0.6 is 0 Å². The van der Waals surface area contributed by atoms with Crippen LogP contribution in [-0.4, -0.2) is 17.3 Å². The molecule has 0 saturated heterocycles. The van der Waals surface area contributed by atoms with Crippen molar-refractivity contribution in [3.05, 3.63) is 0 Å². The first-order chi connectivity index (χ1) is 11.2. The minimum absolute atomic E-state index is 0.161. The van der Waals surface area contributed by atoms with Gasteiger partial charge in [0.1, 0.15) is 0 Å². The number of aliphatic hydroxyl groups excluding tert-OH is 1. The Bertz CT molecular complexity index is 359. The van der Waals surface area contributed by atoms with Crippen LogP contribution in [-0.2, 0) is 0 Å². The quantitative estimate of drug-likeness (QED) is 0.733. The third-order valence-corrected chi connectivity index (χ3v) is 7.70. The molecule has 2 saturated carbocycles. The second kappa shape index (κ2) is 8.08. The lowest BCUT2D eigenvalue weighted by Gasteiger charge is -2.54. The van der Waals surface area contributed by atoms with E-state index in [1.807, 2.05) is 0 Å². The molecule has 0 heterocycles. The lowest BCUT2D eigenvalue weighted by molar-refractivity contribution is -0.0421. The lowest BCUT2D eigenvalue weighted by atomic mass is 9.54. The van der Waals surface area contributed by atoms with Crippen molar-refractivity contribution in [1.82, 2.24) is 0 Å². The summed E-state index contributed by atoms with van der Waals surface area (Å²) in [6.45, 7) is 14.3. The summed E-state index contributed by atoms with van der Waals surface area (Å²) in [7, 11) is 0. The molecule has 3 N–H and O–H groups in total. The fourth-order valence-electron chi connectivity index (χ4n) is 6.15. The Kier molecular flexibility index (Phi) is 6.81. The summed E-state index contributed by atoms with van der Waals surface area (Å²) in [5.74, 6) is 5.11. The Morgan fingerprint density at radius 3 is 1.50 bits per heavy atom. The van der Waals surface area contributed by atoms with Gasteiger partial charge in [0.05, 0.1) is 6.61 Å². The Labute approximate surface area is 151 Å². The zero-order chi connectivity index (χ0) is 18.1. The highest BCUT2D eigenvalue weighted by Crippen LogP contribution is 2.51. The first-order valence-electron chi connectivity index (χ1n) is 10.6. The van der Waals surface area contributed by atoms with Crippen LogP contribution in [0.15, 0.2) is 0 Å². The summed E-state index contributed by atoms with van der Waals surface area (Å²) in [5.41, 5.74) is 6.78. The van der Waals surface area contributed by atoms with E-state index in [9.17, 15) is 5.11 Å². The van der Waals surface area contributed by atoms with Crippen LogP contribution < -0.4 is 5.73 Å². The third-order valence-electron chi connectivity index (χ3n) is 7.70. The van der Waals surface area contributed by atoms with Crippen molar-refractivity contribution >= 4 is 0 Å². The van der Waals surface area contributed by atoms with Crippen LogP contribution in [0.5, 0.6) is 0 Å². The van der Waals surface area contributed by atoms with E-state index in [2.05, 4.69) is 41.5 Å². The molecular formula is C22H43NO. The van der Waals surface area contributed by atoms with Gasteiger partial charge in [0, 0.05) is 5.54 Å². The van der Waals surface area contributed by atoms with Gasteiger partial charge in [-0.3, -0.25) is 0 Å². The summed E-state index contributed by atoms with van der Waals surface area (Å²) in [6, 6.07) is 0. The molecule has 0 aliphatic heterocycles. The van der Waals surface area contributed by atoms with Gasteiger partial charge in [-0.25, -0.2) is 0 Å². The minimum atomic E-state index is -0.396. The number of hydrogen-bond donors (Lipinski definition) is 2. The van der Waals surface area contributed by atoms with Crippen LogP contribution in [0.4, 0.5) is 0 Å². The molecule has 2 aliphatic rings. The van der Waals surface area contributed by atoms with E-state index < -0.39 is 5.54 Å². The molecule has 0 radical (unpaired) electrons. The maximum Gasteiger partial charge on any atom is 0.0616 e. The van der Waals surface area contributed by atoms with Crippen LogP contribution in [0, 0.1) is 47.3 Å². The number of aliphatic hydroxyl groups is 1. The number of rotatable bonds is 5. The Morgan fingerprint density at radius 2 is 1.21 bits per heavy atom. The van der Waals surface area contributed by atoms with Crippen molar-refractivity contribution in [2.45, 2.75) is 85.6 Å². The van der Waals surface area contributed by atoms with Crippen molar-refractivity contribution in [2.75, 3.05) is 6.61 Å². The Balaban J connectivity index is 2.35. The van der Waals surface area contributed by atoms with Gasteiger partial charge in [0.25, 0.3) is 0 Å². The second-order valence-electron chi connectivity index (χ2n) is 10.1. The van der Waals surface area contributed by atoms with Crippen LogP contribution in [0.3, 0.4) is 0 Å². The topological polar surface area (TPSA) is 46.2 Å². The Hall–Kier alpha value is -0.0800. The average Bonchev–Trinajstić information content (AvgIpc) is 2.53. The summed E-state index contributed by atoms with van der Waals surface area (Å²) in [6.07, 6.45) is 7.64. The zero-order valence-corrected chi connectivity index (χ0v) is 17.1. The standard InChI is InChI=1S/C22H43NO/c1-14(2)18-9-7-16(5)11-20(18)22(23,13-24)21-12-17(6)8-10-19(21)15(3)4/h14-21,24H,7-13,23H2,1-6H3. The molecular weight excluding hydrogens is 294 g/mol. The monoisotopic (exact) mass is 337 g/mol. The van der Waals surface area contributed by atoms with Gasteiger partial charge in [-0.1, -0.05) is 54.4 Å². The zero-order valence-electron chi connectivity index (χ0n) is 17.1. The van der Waals surface area contributed by atoms with Gasteiger partial charge in [-0.2, -0.15) is 0 Å². The molecule has 0 aromatic carbocycles. The smallest absolute Gasteiger partial charge is 0.0616 e. The molecule has 0 aromatic heterocycles. The van der Waals surface area contributed by atoms with E-state index in [1.165, 1.54) is 38.5 Å². The van der Waals surface area contributed by atoms with Crippen molar-refractivity contribution in [3.8, 4) is 0 Å². The third kappa shape index (κ3) is 4.01. The summed E-state index contributed by atoms with van der Waals surface area (Å²) >= 11 is 0. The van der Waals surface area contributed by atoms with Gasteiger partial charge < -0.3 is 10.8 Å². The van der Waals surface area contributed by atoms with Crippen molar-refractivity contribution in [1.29, 1.82) is 0 Å². The molecule has 0 amide bonds. The van der Waals surface area contributed by atoms with E-state index in [0.29, 0.717) is 35.5 Å². The number of hydrogen-bond acceptors (Lipinski definition) is 2. The summed E-state index contributed by atoms with van der Waals surface area (Å²) in [5, 5.41) is 10.5. The van der Waals surface area contributed by atoms with Gasteiger partial charge >= 0.3 is 0 Å². The van der Waals surface area contributed by atoms with E-state index >= 15 is 0 Å². The predicted molar refractivity (Wildman–Crippen MR) is 104 cm³/mol. The van der Waals surface area contributed by atoms with Crippen molar-refractivity contribution in [3.63, 3.8) is 0 Å². The number of nitrogens with two attached hydrogens (primary N) is 1. The molecule has 2 rings (SSSR count). The molecule has 0 aromatic rings. The molecule has 2 fully saturated rings. The van der Waals surface area contributed by atoms with E-state index in [1.54, 1.807) is 0 Å². The fraction of sp³-hybridized carbons (Fsp3) is 1.00. The second-order valence-corrected chi connectivity index (χ2v) is 10.1. The molecule has 2 nitrogen and oxygen atoms in total. The van der Waals surface area contributed by atoms with E-state index in [4.69, 9.17) is 5.73 Å². The molecule has 2 aliphatic carbocycles. The summed E-state index contributed by atoms with van der Waals surface area (Å²) in [4.78, 5) is 0. The highest BCUT2D eigenvalue weighted by molar-refractivity contribution is 5.05. The van der Waals surface area contributed by atoms with Crippen LogP contribution in [0.25, 0.3) is 0 Å². The van der Waals surface area contributed by atoms with Gasteiger partial charge in [-0.15, -0.1) is 0 Å². The van der Waals surface area contributed by atoms with Gasteiger partial charge in [0.15, 0.2) is 0 Å². The largest absolute Gasteiger partial charge is 0.394 e. The highest BCUT2D eigenvalue weighted by atomic mass is 16.3. The lowest BCUT2D eigenvalue weighted by Crippen LogP contribution is -2.63. The molecule has 2 heteroatoms. The molecule has 24 heavy (non-hydrogen) atoms. The van der Waals surface area contributed by atoms with Crippen molar-refractivity contribution in [2.24, 2.45) is 53.1 Å². The highest BCUT2D eigenvalue weighted by Gasteiger charge is 2.51. The SMILES string of the molecule is CC1CCC(C(C)C)C(C(N)(CO)C2CC(C)CCC2C(C)C)C1. The molecule has 0 bridgehead atoms.